The first-order valence-electron chi connectivity index (χ1n) is 10.1. The van der Waals surface area contributed by atoms with Gasteiger partial charge in [-0.1, -0.05) is 18.2 Å². The lowest BCUT2D eigenvalue weighted by atomic mass is 10.2. The Morgan fingerprint density at radius 3 is 2.12 bits per heavy atom. The zero-order valence-corrected chi connectivity index (χ0v) is 18.8. The van der Waals surface area contributed by atoms with Gasteiger partial charge in [0.1, 0.15) is 11.6 Å². The number of nitrogens with zero attached hydrogens (tertiary/aromatic N) is 2. The van der Waals surface area contributed by atoms with Crippen LogP contribution in [0.15, 0.2) is 70.9 Å². The van der Waals surface area contributed by atoms with Gasteiger partial charge >= 0.3 is 0 Å². The van der Waals surface area contributed by atoms with Gasteiger partial charge in [0.25, 0.3) is 0 Å². The minimum absolute atomic E-state index is 0.0399. The van der Waals surface area contributed by atoms with Gasteiger partial charge in [0.2, 0.25) is 15.9 Å². The van der Waals surface area contributed by atoms with E-state index < -0.39 is 15.8 Å². The first kappa shape index (κ1) is 22.6. The van der Waals surface area contributed by atoms with Crippen molar-refractivity contribution in [3.05, 3.63) is 88.1 Å². The highest BCUT2D eigenvalue weighted by Gasteiger charge is 2.40. The molecule has 32 heavy (non-hydrogen) atoms. The fourth-order valence-electron chi connectivity index (χ4n) is 3.38. The summed E-state index contributed by atoms with van der Waals surface area (Å²) < 4.78 is 54.2. The number of amides is 1. The van der Waals surface area contributed by atoms with Crippen LogP contribution in [0.4, 0.5) is 8.78 Å². The van der Waals surface area contributed by atoms with Gasteiger partial charge in [-0.25, -0.2) is 17.2 Å². The molecule has 1 amide bonds. The number of sulfonamides is 1. The van der Waals surface area contributed by atoms with Crippen LogP contribution < -0.4 is 0 Å². The van der Waals surface area contributed by atoms with Crippen LogP contribution in [0.3, 0.4) is 0 Å². The van der Waals surface area contributed by atoms with E-state index in [2.05, 4.69) is 0 Å². The Morgan fingerprint density at radius 1 is 0.938 bits per heavy atom. The zero-order chi connectivity index (χ0) is 22.7. The Kier molecular flexibility index (Phi) is 6.68. The third-order valence-electron chi connectivity index (χ3n) is 5.23. The topological polar surface area (TPSA) is 57.7 Å². The van der Waals surface area contributed by atoms with Gasteiger partial charge in [-0.15, -0.1) is 11.3 Å². The summed E-state index contributed by atoms with van der Waals surface area (Å²) in [5, 5.41) is 1.91. The van der Waals surface area contributed by atoms with E-state index in [0.717, 1.165) is 22.6 Å². The largest absolute Gasteiger partial charge is 0.332 e. The summed E-state index contributed by atoms with van der Waals surface area (Å²) in [5.41, 5.74) is 0.746. The second-order valence-electron chi connectivity index (χ2n) is 7.69. The summed E-state index contributed by atoms with van der Waals surface area (Å²) in [6, 6.07) is 14.0. The summed E-state index contributed by atoms with van der Waals surface area (Å²) in [5.74, 6) is -1.24. The molecule has 1 saturated carbocycles. The van der Waals surface area contributed by atoms with Crippen molar-refractivity contribution in [2.45, 2.75) is 36.9 Å². The molecule has 1 aliphatic rings. The normalized spacial score (nSPS) is 14.0. The van der Waals surface area contributed by atoms with Crippen molar-refractivity contribution in [1.29, 1.82) is 0 Å². The maximum absolute atomic E-state index is 13.3. The maximum Gasteiger partial charge on any atom is 0.243 e. The van der Waals surface area contributed by atoms with E-state index in [1.54, 1.807) is 17.0 Å². The van der Waals surface area contributed by atoms with E-state index in [4.69, 9.17) is 0 Å². The van der Waals surface area contributed by atoms with Crippen LogP contribution in [0, 0.1) is 11.6 Å². The van der Waals surface area contributed by atoms with Gasteiger partial charge in [-0.3, -0.25) is 4.79 Å². The van der Waals surface area contributed by atoms with Gasteiger partial charge in [-0.2, -0.15) is 4.31 Å². The second kappa shape index (κ2) is 9.48. The Labute approximate surface area is 190 Å². The molecule has 1 aromatic heterocycles. The summed E-state index contributed by atoms with van der Waals surface area (Å²) >= 11 is 1.50. The van der Waals surface area contributed by atoms with Crippen LogP contribution in [-0.2, 0) is 27.9 Å². The monoisotopic (exact) mass is 476 g/mol. The molecular formula is C23H22F2N2O3S2. The minimum atomic E-state index is -3.95. The molecule has 0 aliphatic heterocycles. The Hall–Kier alpha value is -2.62. The van der Waals surface area contributed by atoms with Crippen molar-refractivity contribution in [2.75, 3.05) is 6.54 Å². The van der Waals surface area contributed by atoms with Crippen molar-refractivity contribution in [3.63, 3.8) is 0 Å². The van der Waals surface area contributed by atoms with Gasteiger partial charge in [-0.05, 0) is 66.2 Å². The lowest BCUT2D eigenvalue weighted by Gasteiger charge is -2.27. The maximum atomic E-state index is 13.3. The van der Waals surface area contributed by atoms with E-state index in [1.807, 2.05) is 17.5 Å². The molecule has 9 heteroatoms. The minimum Gasteiger partial charge on any atom is -0.332 e. The van der Waals surface area contributed by atoms with Crippen LogP contribution in [0.2, 0.25) is 0 Å². The van der Waals surface area contributed by atoms with Crippen LogP contribution >= 0.6 is 11.3 Å². The summed E-state index contributed by atoms with van der Waals surface area (Å²) in [7, 11) is -3.95. The number of hydrogen-bond acceptors (Lipinski definition) is 4. The fraction of sp³-hybridized carbons (Fsp3) is 0.261. The van der Waals surface area contributed by atoms with Crippen molar-refractivity contribution in [2.24, 2.45) is 0 Å². The number of carbonyl (C=O) groups excluding carboxylic acids is 1. The van der Waals surface area contributed by atoms with Crippen molar-refractivity contribution in [1.82, 2.24) is 9.21 Å². The van der Waals surface area contributed by atoms with Crippen LogP contribution in [0.5, 0.6) is 0 Å². The summed E-state index contributed by atoms with van der Waals surface area (Å²) in [6.45, 7) is 0.242. The van der Waals surface area contributed by atoms with Crippen LogP contribution in [0.1, 0.15) is 23.3 Å². The number of thiophene rings is 1. The predicted molar refractivity (Wildman–Crippen MR) is 118 cm³/mol. The second-order valence-corrected chi connectivity index (χ2v) is 10.6. The number of halogens is 2. The predicted octanol–water partition coefficient (Wildman–Crippen LogP) is 4.41. The van der Waals surface area contributed by atoms with Crippen molar-refractivity contribution < 1.29 is 22.0 Å². The van der Waals surface area contributed by atoms with Crippen LogP contribution in [0.25, 0.3) is 0 Å². The average Bonchev–Trinajstić information content (AvgIpc) is 3.48. The van der Waals surface area contributed by atoms with Gasteiger partial charge in [0, 0.05) is 17.5 Å². The molecule has 5 nitrogen and oxygen atoms in total. The molecule has 3 aromatic rings. The third-order valence-corrected chi connectivity index (χ3v) is 8.01. The highest BCUT2D eigenvalue weighted by molar-refractivity contribution is 7.89. The quantitative estimate of drug-likeness (QED) is 0.460. The molecule has 0 saturated heterocycles. The fourth-order valence-corrected chi connectivity index (χ4v) is 5.74. The molecule has 0 unspecified atom stereocenters. The molecule has 2 aromatic carbocycles. The standard InChI is InChI=1S/C23H22F2N2O3S2/c24-18-5-3-17(4-6-18)14-26(15-21-2-1-13-31-21)23(28)16-27(20-9-10-20)32(29,30)22-11-7-19(25)8-12-22/h1-8,11-13,20H,9-10,14-16H2. The number of rotatable bonds is 9. The number of benzene rings is 2. The smallest absolute Gasteiger partial charge is 0.243 e. The molecule has 168 valence electrons. The van der Waals surface area contributed by atoms with E-state index >= 15 is 0 Å². The van der Waals surface area contributed by atoms with E-state index in [0.29, 0.717) is 19.4 Å². The number of hydrogen-bond donors (Lipinski definition) is 0. The Balaban J connectivity index is 1.57. The Morgan fingerprint density at radius 2 is 1.56 bits per heavy atom. The molecule has 1 aliphatic carbocycles. The van der Waals surface area contributed by atoms with E-state index in [-0.39, 0.29) is 35.8 Å². The molecule has 0 spiro atoms. The average molecular weight is 477 g/mol. The molecule has 1 fully saturated rings. The van der Waals surface area contributed by atoms with Crippen molar-refractivity contribution >= 4 is 27.3 Å². The third kappa shape index (κ3) is 5.40. The zero-order valence-electron chi connectivity index (χ0n) is 17.2. The Bertz CT molecular complexity index is 1160. The first-order valence-corrected chi connectivity index (χ1v) is 12.5. The van der Waals surface area contributed by atoms with Gasteiger partial charge in [0.15, 0.2) is 0 Å². The first-order chi connectivity index (χ1) is 15.3. The molecule has 0 N–H and O–H groups in total. The van der Waals surface area contributed by atoms with E-state index in [1.165, 1.54) is 39.9 Å². The highest BCUT2D eigenvalue weighted by atomic mass is 32.2. The lowest BCUT2D eigenvalue weighted by molar-refractivity contribution is -0.132. The number of carbonyl (C=O) groups is 1. The molecule has 0 atom stereocenters. The summed E-state index contributed by atoms with van der Waals surface area (Å²) in [4.78, 5) is 15.8. The molecule has 0 bridgehead atoms. The lowest BCUT2D eigenvalue weighted by Crippen LogP contribution is -2.43. The molecule has 1 heterocycles. The van der Waals surface area contributed by atoms with Crippen molar-refractivity contribution in [3.8, 4) is 0 Å². The van der Waals surface area contributed by atoms with Gasteiger partial charge < -0.3 is 4.90 Å². The highest BCUT2D eigenvalue weighted by Crippen LogP contribution is 2.32. The van der Waals surface area contributed by atoms with Gasteiger partial charge in [0.05, 0.1) is 18.0 Å². The SMILES string of the molecule is O=C(CN(C1CC1)S(=O)(=O)c1ccc(F)cc1)N(Cc1ccc(F)cc1)Cc1cccs1. The summed E-state index contributed by atoms with van der Waals surface area (Å²) in [6.07, 6.45) is 1.35. The molecular weight excluding hydrogens is 454 g/mol. The molecule has 0 radical (unpaired) electrons. The molecule has 4 rings (SSSR count). The van der Waals surface area contributed by atoms with E-state index in [9.17, 15) is 22.0 Å². The van der Waals surface area contributed by atoms with Crippen LogP contribution in [-0.4, -0.2) is 36.1 Å².